The smallest absolute Gasteiger partial charge is 0.332 e. The fourth-order valence-electron chi connectivity index (χ4n) is 0.709. The molecule has 0 N–H and O–H groups in total. The van der Waals surface area contributed by atoms with Gasteiger partial charge < -0.3 is 14.2 Å². The number of ether oxygens (including phenoxy) is 3. The molecule has 0 amide bonds. The van der Waals surface area contributed by atoms with Crippen molar-refractivity contribution in [1.82, 2.24) is 0 Å². The Labute approximate surface area is 133 Å². The fraction of sp³-hybridized carbons (Fsp3) is 0.562. The summed E-state index contributed by atoms with van der Waals surface area (Å²) in [6.45, 7) is 14.0. The lowest BCUT2D eigenvalue weighted by molar-refractivity contribution is -0.141. The van der Waals surface area contributed by atoms with Crippen LogP contribution < -0.4 is 0 Å². The molecular weight excluding hydrogens is 288 g/mol. The van der Waals surface area contributed by atoms with Crippen LogP contribution in [0.3, 0.4) is 0 Å². The largest absolute Gasteiger partial charge is 0.466 e. The van der Waals surface area contributed by atoms with E-state index >= 15 is 0 Å². The van der Waals surface area contributed by atoms with Crippen molar-refractivity contribution in [3.8, 4) is 0 Å². The van der Waals surface area contributed by atoms with Gasteiger partial charge in [-0.15, -0.1) is 0 Å². The topological polar surface area (TPSA) is 78.9 Å². The predicted molar refractivity (Wildman–Crippen MR) is 85.2 cm³/mol. The van der Waals surface area contributed by atoms with Crippen LogP contribution in [0.4, 0.5) is 0 Å². The first-order valence-electron chi connectivity index (χ1n) is 6.74. The Bertz CT molecular complexity index is 345. The molecule has 0 aliphatic rings. The van der Waals surface area contributed by atoms with Gasteiger partial charge in [-0.05, 0) is 20.3 Å². The van der Waals surface area contributed by atoms with Crippen LogP contribution in [0.5, 0.6) is 0 Å². The second-order valence-electron chi connectivity index (χ2n) is 4.24. The Balaban J connectivity index is -0.000000247. The summed E-state index contributed by atoms with van der Waals surface area (Å²) in [5.74, 6) is -0.876. The monoisotopic (exact) mass is 316 g/mol. The van der Waals surface area contributed by atoms with Crippen molar-refractivity contribution in [2.75, 3.05) is 20.8 Å². The third-order valence-corrected chi connectivity index (χ3v) is 1.87. The second-order valence-corrected chi connectivity index (χ2v) is 4.24. The Kier molecular flexibility index (Phi) is 19.2. The molecule has 0 saturated heterocycles. The Morgan fingerprint density at radius 1 is 0.864 bits per heavy atom. The van der Waals surface area contributed by atoms with E-state index in [1.54, 1.807) is 13.8 Å². The third kappa shape index (κ3) is 23.0. The SMILES string of the molecule is C=C(C)C(=O)OC.C=C(C)C(=O)OC.CCCCOC(C)=O. The molecule has 0 aromatic heterocycles. The summed E-state index contributed by atoms with van der Waals surface area (Å²) in [5, 5.41) is 0. The summed E-state index contributed by atoms with van der Waals surface area (Å²) in [5.41, 5.74) is 0.866. The van der Waals surface area contributed by atoms with Crippen LogP contribution in [0.2, 0.25) is 0 Å². The number of esters is 3. The molecule has 0 rings (SSSR count). The average molecular weight is 316 g/mol. The van der Waals surface area contributed by atoms with E-state index in [9.17, 15) is 14.4 Å². The van der Waals surface area contributed by atoms with Crippen molar-refractivity contribution in [3.05, 3.63) is 24.3 Å². The standard InChI is InChI=1S/C6H12O2.2C5H8O2/c1-3-4-5-8-6(2)7;2*1-4(2)5(6)7-3/h3-5H2,1-2H3;2*1H2,2-3H3. The summed E-state index contributed by atoms with van der Waals surface area (Å²) in [4.78, 5) is 30.5. The lowest BCUT2D eigenvalue weighted by Gasteiger charge is -1.96. The minimum Gasteiger partial charge on any atom is -0.466 e. The van der Waals surface area contributed by atoms with Crippen LogP contribution in [0, 0.1) is 0 Å². The highest BCUT2D eigenvalue weighted by Crippen LogP contribution is 1.88. The highest BCUT2D eigenvalue weighted by molar-refractivity contribution is 5.87. The van der Waals surface area contributed by atoms with Gasteiger partial charge in [0.15, 0.2) is 0 Å². The van der Waals surface area contributed by atoms with Crippen LogP contribution in [0.1, 0.15) is 40.5 Å². The van der Waals surface area contributed by atoms with E-state index in [1.807, 2.05) is 0 Å². The zero-order valence-electron chi connectivity index (χ0n) is 14.5. The summed E-state index contributed by atoms with van der Waals surface area (Å²) < 4.78 is 13.2. The van der Waals surface area contributed by atoms with E-state index in [4.69, 9.17) is 0 Å². The minimum absolute atomic E-state index is 0.182. The van der Waals surface area contributed by atoms with Gasteiger partial charge in [0.1, 0.15) is 0 Å². The Morgan fingerprint density at radius 2 is 1.23 bits per heavy atom. The highest BCUT2D eigenvalue weighted by atomic mass is 16.5. The van der Waals surface area contributed by atoms with E-state index in [-0.39, 0.29) is 17.9 Å². The van der Waals surface area contributed by atoms with Crippen molar-refractivity contribution >= 4 is 17.9 Å². The molecule has 0 aromatic rings. The van der Waals surface area contributed by atoms with Crippen molar-refractivity contribution in [2.24, 2.45) is 0 Å². The summed E-state index contributed by atoms with van der Waals surface area (Å²) in [6, 6.07) is 0. The molecule has 0 saturated carbocycles. The molecular formula is C16H28O6. The number of carbonyl (C=O) groups excluding carboxylic acids is 3. The van der Waals surface area contributed by atoms with Crippen LogP contribution in [-0.2, 0) is 28.6 Å². The van der Waals surface area contributed by atoms with E-state index in [2.05, 4.69) is 34.3 Å². The molecule has 0 atom stereocenters. The van der Waals surface area contributed by atoms with Gasteiger partial charge in [0.25, 0.3) is 0 Å². The summed E-state index contributed by atoms with van der Waals surface area (Å²) >= 11 is 0. The van der Waals surface area contributed by atoms with E-state index in [0.29, 0.717) is 17.8 Å². The first-order valence-corrected chi connectivity index (χ1v) is 6.74. The van der Waals surface area contributed by atoms with Gasteiger partial charge in [-0.2, -0.15) is 0 Å². The zero-order chi connectivity index (χ0) is 18.1. The summed E-state index contributed by atoms with van der Waals surface area (Å²) in [6.07, 6.45) is 2.05. The van der Waals surface area contributed by atoms with E-state index in [0.717, 1.165) is 12.8 Å². The molecule has 0 fully saturated rings. The highest BCUT2D eigenvalue weighted by Gasteiger charge is 1.96. The van der Waals surface area contributed by atoms with Gasteiger partial charge in [0.05, 0.1) is 20.8 Å². The van der Waals surface area contributed by atoms with Crippen molar-refractivity contribution in [3.63, 3.8) is 0 Å². The maximum atomic E-state index is 10.2. The number of hydrogen-bond acceptors (Lipinski definition) is 6. The first-order chi connectivity index (χ1) is 10.1. The van der Waals surface area contributed by atoms with E-state index < -0.39 is 0 Å². The maximum absolute atomic E-state index is 10.2. The molecule has 0 aliphatic carbocycles. The molecule has 0 heterocycles. The molecule has 0 aromatic carbocycles. The second kappa shape index (κ2) is 16.9. The van der Waals surface area contributed by atoms with Crippen molar-refractivity contribution in [2.45, 2.75) is 40.5 Å². The van der Waals surface area contributed by atoms with Gasteiger partial charge in [0.2, 0.25) is 0 Å². The molecule has 6 heteroatoms. The van der Waals surface area contributed by atoms with Crippen molar-refractivity contribution in [1.29, 1.82) is 0 Å². The molecule has 0 bridgehead atoms. The van der Waals surface area contributed by atoms with Crippen LogP contribution in [-0.4, -0.2) is 38.7 Å². The van der Waals surface area contributed by atoms with E-state index in [1.165, 1.54) is 21.1 Å². The maximum Gasteiger partial charge on any atom is 0.332 e. The Hall–Kier alpha value is -2.11. The Morgan fingerprint density at radius 3 is 1.36 bits per heavy atom. The quantitative estimate of drug-likeness (QED) is 0.336. The fourth-order valence-corrected chi connectivity index (χ4v) is 0.709. The minimum atomic E-state index is -0.347. The van der Waals surface area contributed by atoms with Crippen LogP contribution >= 0.6 is 0 Å². The number of methoxy groups -OCH3 is 2. The lowest BCUT2D eigenvalue weighted by atomic mass is 10.4. The van der Waals surface area contributed by atoms with Crippen LogP contribution in [0.25, 0.3) is 0 Å². The average Bonchev–Trinajstić information content (AvgIpc) is 2.46. The third-order valence-electron chi connectivity index (χ3n) is 1.87. The number of rotatable bonds is 5. The summed E-state index contributed by atoms with van der Waals surface area (Å²) in [7, 11) is 2.66. The van der Waals surface area contributed by atoms with Gasteiger partial charge in [-0.25, -0.2) is 9.59 Å². The molecule has 0 unspecified atom stereocenters. The molecule has 128 valence electrons. The van der Waals surface area contributed by atoms with Crippen LogP contribution in [0.15, 0.2) is 24.3 Å². The van der Waals surface area contributed by atoms with Crippen molar-refractivity contribution < 1.29 is 28.6 Å². The van der Waals surface area contributed by atoms with Gasteiger partial charge >= 0.3 is 17.9 Å². The van der Waals surface area contributed by atoms with Gasteiger partial charge in [0, 0.05) is 18.1 Å². The van der Waals surface area contributed by atoms with Gasteiger partial charge in [-0.3, -0.25) is 4.79 Å². The normalized spacial score (nSPS) is 8.09. The lowest BCUT2D eigenvalue weighted by Crippen LogP contribution is -1.99. The molecule has 6 nitrogen and oxygen atoms in total. The predicted octanol–water partition coefficient (Wildman–Crippen LogP) is 2.82. The van der Waals surface area contributed by atoms with Gasteiger partial charge in [-0.1, -0.05) is 26.5 Å². The molecule has 0 spiro atoms. The number of unbranched alkanes of at least 4 members (excludes halogenated alkanes) is 1. The first kappa shape index (κ1) is 24.9. The molecule has 0 radical (unpaired) electrons. The molecule has 0 aliphatic heterocycles. The number of hydrogen-bond donors (Lipinski definition) is 0. The molecule has 22 heavy (non-hydrogen) atoms. The zero-order valence-corrected chi connectivity index (χ0v) is 14.5. The number of carbonyl (C=O) groups is 3.